The van der Waals surface area contributed by atoms with Crippen molar-refractivity contribution in [3.8, 4) is 39.1 Å². The fraction of sp³-hybridized carbons (Fsp3) is 0.0667. The van der Waals surface area contributed by atoms with Crippen LogP contribution in [-0.2, 0) is 5.41 Å². The summed E-state index contributed by atoms with van der Waals surface area (Å²) in [5, 5.41) is 5.34. The molecule has 2 heterocycles. The maximum atomic E-state index is 2.44. The third-order valence-corrected chi connectivity index (χ3v) is 11.5. The summed E-state index contributed by atoms with van der Waals surface area (Å²) < 4.78 is 5.14. The standard InChI is InChI=1S/C45H31NS/c1-45(2)38-21-17-30(25-35(38)33-20-24-42-43(44(33)45)34-15-9-10-16-41(34)47-42)31-19-23-40-37(27-31)36-26-29(28-11-5-3-6-12-28)18-22-39(36)46(40)32-13-7-4-8-14-32/h3-27H,1-2H3. The average Bonchev–Trinajstić information content (AvgIpc) is 3.73. The van der Waals surface area contributed by atoms with Gasteiger partial charge in [-0.3, -0.25) is 0 Å². The highest BCUT2D eigenvalue weighted by atomic mass is 32.1. The van der Waals surface area contributed by atoms with Gasteiger partial charge >= 0.3 is 0 Å². The Balaban J connectivity index is 1.19. The molecule has 1 aliphatic rings. The topological polar surface area (TPSA) is 4.93 Å². The van der Waals surface area contributed by atoms with Crippen molar-refractivity contribution in [2.45, 2.75) is 19.3 Å². The molecule has 2 aromatic heterocycles. The number of para-hydroxylation sites is 1. The summed E-state index contributed by atoms with van der Waals surface area (Å²) in [5.41, 5.74) is 14.1. The molecule has 1 aliphatic carbocycles. The summed E-state index contributed by atoms with van der Waals surface area (Å²) >= 11 is 1.91. The molecule has 10 rings (SSSR count). The molecule has 0 fully saturated rings. The molecule has 7 aromatic carbocycles. The first-order valence-corrected chi connectivity index (χ1v) is 17.2. The van der Waals surface area contributed by atoms with E-state index in [1.54, 1.807) is 0 Å². The van der Waals surface area contributed by atoms with Crippen LogP contribution in [0.5, 0.6) is 0 Å². The molecular formula is C45H31NS. The fourth-order valence-electron chi connectivity index (χ4n) is 8.18. The van der Waals surface area contributed by atoms with E-state index in [-0.39, 0.29) is 5.41 Å². The van der Waals surface area contributed by atoms with Gasteiger partial charge in [0.25, 0.3) is 0 Å². The van der Waals surface area contributed by atoms with Gasteiger partial charge in [0.1, 0.15) is 0 Å². The Bertz CT molecular complexity index is 2690. The summed E-state index contributed by atoms with van der Waals surface area (Å²) in [6, 6.07) is 56.1. The van der Waals surface area contributed by atoms with E-state index in [0.29, 0.717) is 0 Å². The molecule has 0 amide bonds. The Kier molecular flexibility index (Phi) is 5.57. The number of hydrogen-bond donors (Lipinski definition) is 0. The zero-order valence-corrected chi connectivity index (χ0v) is 27.1. The Morgan fingerprint density at radius 3 is 1.83 bits per heavy atom. The lowest BCUT2D eigenvalue weighted by atomic mass is 9.80. The molecule has 0 spiro atoms. The number of aromatic nitrogens is 1. The molecule has 47 heavy (non-hydrogen) atoms. The molecule has 9 aromatic rings. The van der Waals surface area contributed by atoms with Crippen LogP contribution in [0.3, 0.4) is 0 Å². The molecule has 0 atom stereocenters. The van der Waals surface area contributed by atoms with Crippen molar-refractivity contribution in [3.05, 3.63) is 163 Å². The lowest BCUT2D eigenvalue weighted by molar-refractivity contribution is 0.667. The highest BCUT2D eigenvalue weighted by Crippen LogP contribution is 2.54. The van der Waals surface area contributed by atoms with Gasteiger partial charge in [0.2, 0.25) is 0 Å². The zero-order chi connectivity index (χ0) is 31.3. The highest BCUT2D eigenvalue weighted by Gasteiger charge is 2.37. The van der Waals surface area contributed by atoms with E-state index >= 15 is 0 Å². The van der Waals surface area contributed by atoms with E-state index < -0.39 is 0 Å². The van der Waals surface area contributed by atoms with Gasteiger partial charge in [0.05, 0.1) is 11.0 Å². The number of fused-ring (bicyclic) bond motifs is 10. The minimum absolute atomic E-state index is 0.0759. The zero-order valence-electron chi connectivity index (χ0n) is 26.3. The number of rotatable bonds is 3. The van der Waals surface area contributed by atoms with Crippen molar-refractivity contribution in [3.63, 3.8) is 0 Å². The third kappa shape index (κ3) is 3.83. The number of nitrogens with zero attached hydrogens (tertiary/aromatic N) is 1. The van der Waals surface area contributed by atoms with Crippen LogP contribution in [0.4, 0.5) is 0 Å². The fourth-order valence-corrected chi connectivity index (χ4v) is 9.30. The molecule has 1 nitrogen and oxygen atoms in total. The predicted molar refractivity (Wildman–Crippen MR) is 202 cm³/mol. The van der Waals surface area contributed by atoms with Crippen molar-refractivity contribution in [1.82, 2.24) is 4.57 Å². The molecule has 2 heteroatoms. The summed E-state index contributed by atoms with van der Waals surface area (Å²) in [6.45, 7) is 4.80. The first-order chi connectivity index (χ1) is 23.1. The van der Waals surface area contributed by atoms with E-state index in [1.165, 1.54) is 92.2 Å². The van der Waals surface area contributed by atoms with Crippen LogP contribution in [0.2, 0.25) is 0 Å². The Labute approximate surface area is 278 Å². The molecule has 0 saturated carbocycles. The van der Waals surface area contributed by atoms with Gasteiger partial charge in [0.15, 0.2) is 0 Å². The van der Waals surface area contributed by atoms with E-state index in [1.807, 2.05) is 11.3 Å². The Morgan fingerprint density at radius 1 is 0.468 bits per heavy atom. The van der Waals surface area contributed by atoms with Crippen molar-refractivity contribution < 1.29 is 0 Å². The van der Waals surface area contributed by atoms with E-state index in [2.05, 4.69) is 170 Å². The molecule has 0 saturated heterocycles. The van der Waals surface area contributed by atoms with Crippen LogP contribution in [0, 0.1) is 0 Å². The summed E-state index contributed by atoms with van der Waals surface area (Å²) in [7, 11) is 0. The number of hydrogen-bond acceptors (Lipinski definition) is 1. The normalized spacial score (nSPS) is 13.5. The summed E-state index contributed by atoms with van der Waals surface area (Å²) in [6.07, 6.45) is 0. The maximum Gasteiger partial charge on any atom is 0.0541 e. The molecule has 0 N–H and O–H groups in total. The minimum Gasteiger partial charge on any atom is -0.309 e. The molecule has 222 valence electrons. The Hall–Kier alpha value is -5.44. The summed E-state index contributed by atoms with van der Waals surface area (Å²) in [5.74, 6) is 0. The largest absolute Gasteiger partial charge is 0.309 e. The summed E-state index contributed by atoms with van der Waals surface area (Å²) in [4.78, 5) is 0. The Morgan fingerprint density at radius 2 is 1.09 bits per heavy atom. The molecule has 0 bridgehead atoms. The number of benzene rings is 7. The second-order valence-corrected chi connectivity index (χ2v) is 14.4. The van der Waals surface area contributed by atoms with Crippen LogP contribution in [0.25, 0.3) is 81.0 Å². The smallest absolute Gasteiger partial charge is 0.0541 e. The molecular weight excluding hydrogens is 587 g/mol. The van der Waals surface area contributed by atoms with Gasteiger partial charge < -0.3 is 4.57 Å². The maximum absolute atomic E-state index is 2.44. The average molecular weight is 618 g/mol. The SMILES string of the molecule is CC1(C)c2ccc(-c3ccc4c(c3)c3cc(-c5ccccc5)ccc3n4-c3ccccc3)cc2-c2ccc3sc4ccccc4c3c21. The monoisotopic (exact) mass is 617 g/mol. The first kappa shape index (κ1) is 26.7. The van der Waals surface area contributed by atoms with Crippen LogP contribution in [0.1, 0.15) is 25.0 Å². The van der Waals surface area contributed by atoms with Gasteiger partial charge in [-0.25, -0.2) is 0 Å². The van der Waals surface area contributed by atoms with Crippen LogP contribution in [0.15, 0.2) is 152 Å². The number of thiophene rings is 1. The molecule has 0 unspecified atom stereocenters. The quantitative estimate of drug-likeness (QED) is 0.186. The lowest BCUT2D eigenvalue weighted by Gasteiger charge is -2.22. The van der Waals surface area contributed by atoms with E-state index in [0.717, 1.165) is 0 Å². The van der Waals surface area contributed by atoms with Crippen molar-refractivity contribution >= 4 is 53.3 Å². The predicted octanol–water partition coefficient (Wildman–Crippen LogP) is 12.8. The third-order valence-electron chi connectivity index (χ3n) is 10.4. The van der Waals surface area contributed by atoms with Crippen molar-refractivity contribution in [2.24, 2.45) is 0 Å². The van der Waals surface area contributed by atoms with Crippen LogP contribution >= 0.6 is 11.3 Å². The van der Waals surface area contributed by atoms with Gasteiger partial charge in [0, 0.05) is 42.0 Å². The molecule has 0 radical (unpaired) electrons. The van der Waals surface area contributed by atoms with Crippen LogP contribution in [-0.4, -0.2) is 4.57 Å². The van der Waals surface area contributed by atoms with Gasteiger partial charge in [-0.15, -0.1) is 11.3 Å². The molecule has 0 aliphatic heterocycles. The van der Waals surface area contributed by atoms with E-state index in [9.17, 15) is 0 Å². The van der Waals surface area contributed by atoms with Crippen molar-refractivity contribution in [1.29, 1.82) is 0 Å². The second kappa shape index (κ2) is 9.78. The van der Waals surface area contributed by atoms with Gasteiger partial charge in [-0.2, -0.15) is 0 Å². The minimum atomic E-state index is -0.0759. The van der Waals surface area contributed by atoms with E-state index in [4.69, 9.17) is 0 Å². The van der Waals surface area contributed by atoms with Gasteiger partial charge in [-0.05, 0) is 99.1 Å². The lowest BCUT2D eigenvalue weighted by Crippen LogP contribution is -2.15. The first-order valence-electron chi connectivity index (χ1n) is 16.4. The van der Waals surface area contributed by atoms with Crippen LogP contribution < -0.4 is 0 Å². The second-order valence-electron chi connectivity index (χ2n) is 13.3. The highest BCUT2D eigenvalue weighted by molar-refractivity contribution is 7.25. The van der Waals surface area contributed by atoms with Gasteiger partial charge in [-0.1, -0.05) is 111 Å². The van der Waals surface area contributed by atoms with Crippen molar-refractivity contribution in [2.75, 3.05) is 0 Å².